The van der Waals surface area contributed by atoms with Gasteiger partial charge in [0.25, 0.3) is 5.91 Å². The van der Waals surface area contributed by atoms with Crippen LogP contribution in [0.25, 0.3) is 0 Å². The predicted octanol–water partition coefficient (Wildman–Crippen LogP) is 3.18. The van der Waals surface area contributed by atoms with Crippen LogP contribution < -0.4 is 5.32 Å². The van der Waals surface area contributed by atoms with Gasteiger partial charge >= 0.3 is 0 Å². The average molecular weight is 282 g/mol. The Bertz CT molecular complexity index is 460. The third kappa shape index (κ3) is 3.38. The molecule has 19 heavy (non-hydrogen) atoms. The molecule has 1 aliphatic rings. The molecule has 0 unspecified atom stereocenters. The maximum Gasteiger partial charge on any atom is 0.255 e. The van der Waals surface area contributed by atoms with Crippen LogP contribution in [0.2, 0.25) is 5.02 Å². The summed E-state index contributed by atoms with van der Waals surface area (Å²) in [6.45, 7) is 2.95. The molecular weight excluding hydrogens is 262 g/mol. The molecule has 1 aliphatic carbocycles. The van der Waals surface area contributed by atoms with Crippen molar-refractivity contribution in [1.29, 1.82) is 0 Å². The molecule has 5 heteroatoms. The van der Waals surface area contributed by atoms with Gasteiger partial charge in [0, 0.05) is 25.8 Å². The van der Waals surface area contributed by atoms with E-state index in [1.807, 2.05) is 4.90 Å². The molecule has 1 amide bonds. The summed E-state index contributed by atoms with van der Waals surface area (Å²) in [4.78, 5) is 18.7. The van der Waals surface area contributed by atoms with Crippen LogP contribution in [0.3, 0.4) is 0 Å². The van der Waals surface area contributed by atoms with E-state index in [9.17, 15) is 4.79 Å². The molecule has 0 bridgehead atoms. The van der Waals surface area contributed by atoms with Gasteiger partial charge in [-0.2, -0.15) is 0 Å². The third-order valence-corrected chi connectivity index (χ3v) is 3.64. The van der Waals surface area contributed by atoms with E-state index in [0.717, 1.165) is 32.2 Å². The largest absolute Gasteiger partial charge is 0.373 e. The van der Waals surface area contributed by atoms with Crippen LogP contribution in [0, 0.1) is 0 Å². The van der Waals surface area contributed by atoms with E-state index in [0.29, 0.717) is 22.4 Å². The molecular formula is C14H20ClN3O. The zero-order valence-corrected chi connectivity index (χ0v) is 12.2. The number of pyridine rings is 1. The highest BCUT2D eigenvalue weighted by atomic mass is 35.5. The lowest BCUT2D eigenvalue weighted by molar-refractivity contribution is 0.0741. The van der Waals surface area contributed by atoms with Gasteiger partial charge in [-0.05, 0) is 25.3 Å². The monoisotopic (exact) mass is 281 g/mol. The maximum atomic E-state index is 12.6. The van der Waals surface area contributed by atoms with Crippen LogP contribution in [0.1, 0.15) is 43.0 Å². The number of hydrogen-bond donors (Lipinski definition) is 1. The second kappa shape index (κ2) is 6.24. The summed E-state index contributed by atoms with van der Waals surface area (Å²) in [5.41, 5.74) is 0.545. The van der Waals surface area contributed by atoms with Gasteiger partial charge in [0.1, 0.15) is 5.82 Å². The molecule has 0 aromatic carbocycles. The van der Waals surface area contributed by atoms with Gasteiger partial charge in [0.15, 0.2) is 0 Å². The van der Waals surface area contributed by atoms with Gasteiger partial charge in [-0.25, -0.2) is 4.98 Å². The molecule has 0 atom stereocenters. The number of amides is 1. The van der Waals surface area contributed by atoms with Gasteiger partial charge in [-0.15, -0.1) is 0 Å². The Morgan fingerprint density at radius 2 is 2.32 bits per heavy atom. The predicted molar refractivity (Wildman–Crippen MR) is 77.8 cm³/mol. The van der Waals surface area contributed by atoms with Crippen molar-refractivity contribution in [1.82, 2.24) is 9.88 Å². The highest BCUT2D eigenvalue weighted by Crippen LogP contribution is 2.30. The lowest BCUT2D eigenvalue weighted by atomic mass is 10.2. The van der Waals surface area contributed by atoms with Crippen molar-refractivity contribution in [2.45, 2.75) is 38.6 Å². The number of nitrogens with one attached hydrogen (secondary N) is 1. The van der Waals surface area contributed by atoms with Crippen molar-refractivity contribution in [3.8, 4) is 0 Å². The SMILES string of the molecule is CCCCN(C(=O)c1cc(NC)ncc1Cl)C1CC1. The number of hydrogen-bond acceptors (Lipinski definition) is 3. The van der Waals surface area contributed by atoms with Crippen LogP contribution >= 0.6 is 11.6 Å². The molecule has 1 aromatic rings. The fourth-order valence-electron chi connectivity index (χ4n) is 2.06. The maximum absolute atomic E-state index is 12.6. The summed E-state index contributed by atoms with van der Waals surface area (Å²) in [7, 11) is 1.78. The lowest BCUT2D eigenvalue weighted by Crippen LogP contribution is -2.34. The second-order valence-electron chi connectivity index (χ2n) is 4.88. The van der Waals surface area contributed by atoms with E-state index in [4.69, 9.17) is 11.6 Å². The van der Waals surface area contributed by atoms with E-state index >= 15 is 0 Å². The number of rotatable bonds is 6. The first-order valence-corrected chi connectivity index (χ1v) is 7.19. The van der Waals surface area contributed by atoms with E-state index in [-0.39, 0.29) is 5.91 Å². The molecule has 0 radical (unpaired) electrons. The first-order valence-electron chi connectivity index (χ1n) is 6.81. The summed E-state index contributed by atoms with van der Waals surface area (Å²) in [6, 6.07) is 2.13. The Balaban J connectivity index is 2.20. The topological polar surface area (TPSA) is 45.2 Å². The zero-order valence-electron chi connectivity index (χ0n) is 11.4. The Morgan fingerprint density at radius 3 is 2.89 bits per heavy atom. The van der Waals surface area contributed by atoms with Gasteiger partial charge in [-0.3, -0.25) is 4.79 Å². The zero-order chi connectivity index (χ0) is 13.8. The standard InChI is InChI=1S/C14H20ClN3O/c1-3-4-7-18(10-5-6-10)14(19)11-8-13(16-2)17-9-12(11)15/h8-10H,3-7H2,1-2H3,(H,16,17). The summed E-state index contributed by atoms with van der Waals surface area (Å²) in [6.07, 6.45) is 5.87. The van der Waals surface area contributed by atoms with E-state index in [1.165, 1.54) is 6.20 Å². The van der Waals surface area contributed by atoms with Crippen LogP contribution in [0.5, 0.6) is 0 Å². The Kier molecular flexibility index (Phi) is 4.64. The smallest absolute Gasteiger partial charge is 0.255 e. The van der Waals surface area contributed by atoms with E-state index in [2.05, 4.69) is 17.2 Å². The van der Waals surface area contributed by atoms with Crippen molar-refractivity contribution in [3.63, 3.8) is 0 Å². The van der Waals surface area contributed by atoms with Crippen molar-refractivity contribution < 1.29 is 4.79 Å². The molecule has 0 aliphatic heterocycles. The van der Waals surface area contributed by atoms with Gasteiger partial charge in [0.05, 0.1) is 10.6 Å². The Hall–Kier alpha value is -1.29. The van der Waals surface area contributed by atoms with E-state index in [1.54, 1.807) is 13.1 Å². The first kappa shape index (κ1) is 14.1. The number of halogens is 1. The number of anilines is 1. The fraction of sp³-hybridized carbons (Fsp3) is 0.571. The summed E-state index contributed by atoms with van der Waals surface area (Å²) < 4.78 is 0. The fourth-order valence-corrected chi connectivity index (χ4v) is 2.24. The summed E-state index contributed by atoms with van der Waals surface area (Å²) in [5, 5.41) is 3.36. The van der Waals surface area contributed by atoms with Crippen LogP contribution in [-0.2, 0) is 0 Å². The molecule has 1 fully saturated rings. The van der Waals surface area contributed by atoms with Gasteiger partial charge in [-0.1, -0.05) is 24.9 Å². The van der Waals surface area contributed by atoms with Crippen molar-refractivity contribution in [2.75, 3.05) is 18.9 Å². The van der Waals surface area contributed by atoms with Crippen molar-refractivity contribution in [2.24, 2.45) is 0 Å². The summed E-state index contributed by atoms with van der Waals surface area (Å²) >= 11 is 6.11. The molecule has 1 N–H and O–H groups in total. The molecule has 1 saturated carbocycles. The minimum atomic E-state index is 0.0276. The van der Waals surface area contributed by atoms with Gasteiger partial charge in [0.2, 0.25) is 0 Å². The second-order valence-corrected chi connectivity index (χ2v) is 5.29. The van der Waals surface area contributed by atoms with Crippen molar-refractivity contribution in [3.05, 3.63) is 22.8 Å². The Morgan fingerprint density at radius 1 is 1.58 bits per heavy atom. The lowest BCUT2D eigenvalue weighted by Gasteiger charge is -2.23. The van der Waals surface area contributed by atoms with Crippen LogP contribution in [0.15, 0.2) is 12.3 Å². The molecule has 1 heterocycles. The molecule has 0 spiro atoms. The number of nitrogens with zero attached hydrogens (tertiary/aromatic N) is 2. The van der Waals surface area contributed by atoms with E-state index < -0.39 is 0 Å². The highest BCUT2D eigenvalue weighted by molar-refractivity contribution is 6.33. The van der Waals surface area contributed by atoms with Crippen molar-refractivity contribution >= 4 is 23.3 Å². The summed E-state index contributed by atoms with van der Waals surface area (Å²) in [5.74, 6) is 0.693. The molecule has 0 saturated heterocycles. The highest BCUT2D eigenvalue weighted by Gasteiger charge is 2.33. The Labute approximate surface area is 119 Å². The average Bonchev–Trinajstić information content (AvgIpc) is 3.24. The molecule has 104 valence electrons. The van der Waals surface area contributed by atoms with Gasteiger partial charge < -0.3 is 10.2 Å². The minimum absolute atomic E-state index is 0.0276. The molecule has 2 rings (SSSR count). The minimum Gasteiger partial charge on any atom is -0.373 e. The molecule has 1 aromatic heterocycles. The molecule has 4 nitrogen and oxygen atoms in total. The number of unbranched alkanes of at least 4 members (excludes halogenated alkanes) is 1. The third-order valence-electron chi connectivity index (χ3n) is 3.34. The normalized spacial score (nSPS) is 14.3. The number of carbonyl (C=O) groups excluding carboxylic acids is 1. The quantitative estimate of drug-likeness (QED) is 0.871. The number of carbonyl (C=O) groups is 1. The van der Waals surface area contributed by atoms with Crippen LogP contribution in [0.4, 0.5) is 5.82 Å². The number of aromatic nitrogens is 1. The van der Waals surface area contributed by atoms with Crippen LogP contribution in [-0.4, -0.2) is 35.4 Å². The first-order chi connectivity index (χ1) is 9.17.